The molecule has 3 rings (SSSR count). The van der Waals surface area contributed by atoms with Crippen molar-refractivity contribution in [1.82, 2.24) is 5.32 Å². The second-order valence-electron chi connectivity index (χ2n) is 7.35. The van der Waals surface area contributed by atoms with Crippen LogP contribution in [0.1, 0.15) is 60.5 Å². The molecule has 4 nitrogen and oxygen atoms in total. The van der Waals surface area contributed by atoms with Gasteiger partial charge in [0.1, 0.15) is 0 Å². The van der Waals surface area contributed by atoms with E-state index in [-0.39, 0.29) is 6.04 Å². The maximum atomic E-state index is 12.4. The molecule has 0 aliphatic heterocycles. The molecule has 2 aromatic carbocycles. The van der Waals surface area contributed by atoms with E-state index in [0.29, 0.717) is 0 Å². The lowest BCUT2D eigenvalue weighted by Gasteiger charge is -2.20. The summed E-state index contributed by atoms with van der Waals surface area (Å²) in [5, 5.41) is 5.61. The fourth-order valence-electron chi connectivity index (χ4n) is 3.74. The lowest BCUT2D eigenvalue weighted by Crippen LogP contribution is -2.37. The van der Waals surface area contributed by atoms with E-state index in [4.69, 9.17) is 0 Å². The fourth-order valence-corrected chi connectivity index (χ4v) is 3.74. The molecule has 27 heavy (non-hydrogen) atoms. The van der Waals surface area contributed by atoms with E-state index < -0.39 is 11.8 Å². The number of carbonyl (C=O) groups excluding carboxylic acids is 2. The molecule has 4 heteroatoms. The number of hydrogen-bond acceptors (Lipinski definition) is 2. The molecule has 0 fully saturated rings. The number of fused-ring (bicyclic) bond motifs is 1. The normalized spacial score (nSPS) is 14.2. The van der Waals surface area contributed by atoms with Crippen molar-refractivity contribution in [2.24, 2.45) is 0 Å². The molecule has 0 bridgehead atoms. The van der Waals surface area contributed by atoms with Gasteiger partial charge in [-0.25, -0.2) is 0 Å². The van der Waals surface area contributed by atoms with Gasteiger partial charge in [0.25, 0.3) is 0 Å². The van der Waals surface area contributed by atoms with Crippen LogP contribution in [0.3, 0.4) is 0 Å². The van der Waals surface area contributed by atoms with E-state index in [1.54, 1.807) is 0 Å². The monoisotopic (exact) mass is 364 g/mol. The molecule has 2 aromatic rings. The van der Waals surface area contributed by atoms with Crippen molar-refractivity contribution in [2.45, 2.75) is 58.9 Å². The maximum absolute atomic E-state index is 12.4. The molecule has 2 amide bonds. The molecular formula is C23H28N2O2. The molecule has 0 saturated heterocycles. The molecule has 0 heterocycles. The third-order valence-corrected chi connectivity index (χ3v) is 5.40. The number of aryl methyl sites for hydroxylation is 4. The first-order chi connectivity index (χ1) is 13.0. The molecule has 0 radical (unpaired) electrons. The Morgan fingerprint density at radius 2 is 1.78 bits per heavy atom. The van der Waals surface area contributed by atoms with Crippen molar-refractivity contribution >= 4 is 17.5 Å². The number of hydrogen-bond donors (Lipinski definition) is 2. The van der Waals surface area contributed by atoms with Gasteiger partial charge in [0.2, 0.25) is 0 Å². The third-order valence-electron chi connectivity index (χ3n) is 5.40. The van der Waals surface area contributed by atoms with Gasteiger partial charge in [0.05, 0.1) is 6.04 Å². The zero-order valence-electron chi connectivity index (χ0n) is 16.4. The Labute approximate surface area is 161 Å². The number of para-hydroxylation sites is 1. The topological polar surface area (TPSA) is 58.2 Å². The molecule has 1 aliphatic rings. The van der Waals surface area contributed by atoms with Gasteiger partial charge in [-0.3, -0.25) is 9.59 Å². The molecule has 0 saturated carbocycles. The minimum Gasteiger partial charge on any atom is -0.341 e. The highest BCUT2D eigenvalue weighted by atomic mass is 16.2. The smallest absolute Gasteiger partial charge is 0.313 e. The highest BCUT2D eigenvalue weighted by Crippen LogP contribution is 2.25. The van der Waals surface area contributed by atoms with E-state index in [1.807, 2.05) is 39.0 Å². The molecule has 2 N–H and O–H groups in total. The predicted molar refractivity (Wildman–Crippen MR) is 109 cm³/mol. The summed E-state index contributed by atoms with van der Waals surface area (Å²) >= 11 is 0. The van der Waals surface area contributed by atoms with Gasteiger partial charge in [0.15, 0.2) is 0 Å². The van der Waals surface area contributed by atoms with Gasteiger partial charge in [-0.2, -0.15) is 0 Å². The maximum Gasteiger partial charge on any atom is 0.313 e. The van der Waals surface area contributed by atoms with Crippen molar-refractivity contribution in [1.29, 1.82) is 0 Å². The standard InChI is InChI=1S/C23H28N2O2/c1-4-17-11-7-8-15(2)21(17)25-23(27)22(26)24-16(3)19-13-12-18-9-5-6-10-20(18)14-19/h7-8,11-14,16H,4-6,9-10H2,1-3H3,(H,24,26)(H,25,27). The van der Waals surface area contributed by atoms with Crippen LogP contribution in [0.4, 0.5) is 5.69 Å². The molecule has 0 aromatic heterocycles. The fraction of sp³-hybridized carbons (Fsp3) is 0.391. The molecule has 0 spiro atoms. The summed E-state index contributed by atoms with van der Waals surface area (Å²) in [6.45, 7) is 5.88. The van der Waals surface area contributed by atoms with Crippen molar-refractivity contribution in [3.05, 3.63) is 64.2 Å². The average molecular weight is 364 g/mol. The minimum atomic E-state index is -0.621. The van der Waals surface area contributed by atoms with Gasteiger partial charge < -0.3 is 10.6 Å². The largest absolute Gasteiger partial charge is 0.341 e. The van der Waals surface area contributed by atoms with Crippen LogP contribution < -0.4 is 10.6 Å². The second-order valence-corrected chi connectivity index (χ2v) is 7.35. The summed E-state index contributed by atoms with van der Waals surface area (Å²) in [5.41, 5.74) is 6.55. The first-order valence-electron chi connectivity index (χ1n) is 9.81. The van der Waals surface area contributed by atoms with E-state index >= 15 is 0 Å². The third kappa shape index (κ3) is 4.38. The molecule has 1 atom stereocenters. The van der Waals surface area contributed by atoms with Crippen molar-refractivity contribution in [3.63, 3.8) is 0 Å². The van der Waals surface area contributed by atoms with Crippen LogP contribution in [0.2, 0.25) is 0 Å². The molecule has 142 valence electrons. The summed E-state index contributed by atoms with van der Waals surface area (Å²) in [5.74, 6) is -1.23. The van der Waals surface area contributed by atoms with Gasteiger partial charge in [-0.15, -0.1) is 0 Å². The number of rotatable bonds is 4. The Hall–Kier alpha value is -2.62. The molecule has 1 unspecified atom stereocenters. The quantitative estimate of drug-likeness (QED) is 0.797. The summed E-state index contributed by atoms with van der Waals surface area (Å²) in [6.07, 6.45) is 5.49. The summed E-state index contributed by atoms with van der Waals surface area (Å²) < 4.78 is 0. The lowest BCUT2D eigenvalue weighted by molar-refractivity contribution is -0.136. The number of nitrogens with one attached hydrogen (secondary N) is 2. The van der Waals surface area contributed by atoms with Gasteiger partial charge >= 0.3 is 11.8 Å². The van der Waals surface area contributed by atoms with Gasteiger partial charge in [0, 0.05) is 5.69 Å². The Kier molecular flexibility index (Phi) is 5.94. The second kappa shape index (κ2) is 8.38. The number of benzene rings is 2. The van der Waals surface area contributed by atoms with Crippen molar-refractivity contribution < 1.29 is 9.59 Å². The summed E-state index contributed by atoms with van der Waals surface area (Å²) in [7, 11) is 0. The zero-order valence-corrected chi connectivity index (χ0v) is 16.4. The highest BCUT2D eigenvalue weighted by molar-refractivity contribution is 6.39. The molecular weight excluding hydrogens is 336 g/mol. The van der Waals surface area contributed by atoms with Gasteiger partial charge in [-0.1, -0.05) is 43.3 Å². The first kappa shape index (κ1) is 19.2. The van der Waals surface area contributed by atoms with E-state index in [0.717, 1.165) is 41.6 Å². The number of anilines is 1. The average Bonchev–Trinajstić information content (AvgIpc) is 2.68. The van der Waals surface area contributed by atoms with E-state index in [1.165, 1.54) is 24.0 Å². The van der Waals surface area contributed by atoms with Crippen molar-refractivity contribution in [3.8, 4) is 0 Å². The molecule has 1 aliphatic carbocycles. The minimum absolute atomic E-state index is 0.210. The summed E-state index contributed by atoms with van der Waals surface area (Å²) in [6, 6.07) is 12.0. The lowest BCUT2D eigenvalue weighted by atomic mass is 9.89. The Morgan fingerprint density at radius 3 is 2.52 bits per heavy atom. The first-order valence-corrected chi connectivity index (χ1v) is 9.81. The van der Waals surface area contributed by atoms with E-state index in [2.05, 4.69) is 28.8 Å². The predicted octanol–water partition coefficient (Wildman–Crippen LogP) is 4.25. The Morgan fingerprint density at radius 1 is 1.04 bits per heavy atom. The zero-order chi connectivity index (χ0) is 19.4. The van der Waals surface area contributed by atoms with Crippen LogP contribution in [-0.4, -0.2) is 11.8 Å². The van der Waals surface area contributed by atoms with Crippen molar-refractivity contribution in [2.75, 3.05) is 5.32 Å². The number of carbonyl (C=O) groups is 2. The van der Waals surface area contributed by atoms with E-state index in [9.17, 15) is 9.59 Å². The van der Waals surface area contributed by atoms with Crippen LogP contribution in [0, 0.1) is 6.92 Å². The Bertz CT molecular complexity index is 857. The van der Waals surface area contributed by atoms with Gasteiger partial charge in [-0.05, 0) is 73.8 Å². The van der Waals surface area contributed by atoms with Crippen LogP contribution in [-0.2, 0) is 28.9 Å². The Balaban J connectivity index is 1.67. The van der Waals surface area contributed by atoms with Crippen LogP contribution in [0.15, 0.2) is 36.4 Å². The highest BCUT2D eigenvalue weighted by Gasteiger charge is 2.20. The van der Waals surface area contributed by atoms with Crippen LogP contribution in [0.25, 0.3) is 0 Å². The van der Waals surface area contributed by atoms with Crippen LogP contribution >= 0.6 is 0 Å². The number of amides is 2. The SMILES string of the molecule is CCc1cccc(C)c1NC(=O)C(=O)NC(C)c1ccc2c(c1)CCCC2. The van der Waals surface area contributed by atoms with Crippen LogP contribution in [0.5, 0.6) is 0 Å². The summed E-state index contributed by atoms with van der Waals surface area (Å²) in [4.78, 5) is 24.8.